The average molecular weight is 486 g/mol. The monoisotopic (exact) mass is 486 g/mol. The molecular weight excluding hydrogens is 466 g/mol. The summed E-state index contributed by atoms with van der Waals surface area (Å²) in [6.07, 6.45) is -10.3. The van der Waals surface area contributed by atoms with Crippen molar-refractivity contribution in [3.63, 3.8) is 0 Å². The summed E-state index contributed by atoms with van der Waals surface area (Å²) in [6.45, 7) is 0.0649. The van der Waals surface area contributed by atoms with E-state index in [1.807, 2.05) is 0 Å². The number of hydrogen-bond acceptors (Lipinski definition) is 4. The fourth-order valence-corrected chi connectivity index (χ4v) is 3.67. The quantitative estimate of drug-likeness (QED) is 0.574. The Hall–Kier alpha value is -3.36. The molecule has 1 aliphatic heterocycles. The van der Waals surface area contributed by atoms with Crippen molar-refractivity contribution in [1.82, 2.24) is 14.5 Å². The van der Waals surface area contributed by atoms with Gasteiger partial charge in [0, 0.05) is 37.6 Å². The molecule has 0 N–H and O–H groups in total. The van der Waals surface area contributed by atoms with Gasteiger partial charge in [-0.25, -0.2) is 4.98 Å². The first-order valence-corrected chi connectivity index (χ1v) is 10.4. The highest BCUT2D eigenvalue weighted by atomic mass is 19.4. The zero-order chi connectivity index (χ0) is 25.1. The molecule has 1 unspecified atom stereocenters. The van der Waals surface area contributed by atoms with Crippen molar-refractivity contribution < 1.29 is 31.1 Å². The highest BCUT2D eigenvalue weighted by Crippen LogP contribution is 2.30. The number of aromatic nitrogens is 2. The van der Waals surface area contributed by atoms with E-state index in [2.05, 4.69) is 11.1 Å². The molecule has 2 aromatic rings. The lowest BCUT2D eigenvalue weighted by atomic mass is 10.1. The van der Waals surface area contributed by atoms with Gasteiger partial charge in [-0.05, 0) is 25.0 Å². The predicted molar refractivity (Wildman–Crippen MR) is 108 cm³/mol. The van der Waals surface area contributed by atoms with E-state index in [4.69, 9.17) is 5.26 Å². The van der Waals surface area contributed by atoms with Gasteiger partial charge >= 0.3 is 12.4 Å². The molecule has 0 saturated carbocycles. The minimum Gasteiger partial charge on any atom is -0.340 e. The van der Waals surface area contributed by atoms with Gasteiger partial charge < -0.3 is 4.90 Å². The van der Waals surface area contributed by atoms with E-state index in [9.17, 15) is 35.9 Å². The van der Waals surface area contributed by atoms with Gasteiger partial charge in [0.1, 0.15) is 12.4 Å². The van der Waals surface area contributed by atoms with E-state index >= 15 is 0 Å². The lowest BCUT2D eigenvalue weighted by Gasteiger charge is -2.19. The number of alkyl halides is 6. The Labute approximate surface area is 190 Å². The number of hydrogen-bond donors (Lipinski definition) is 0. The van der Waals surface area contributed by atoms with Crippen LogP contribution in [0.15, 0.2) is 35.1 Å². The first-order valence-electron chi connectivity index (χ1n) is 10.4. The van der Waals surface area contributed by atoms with Crippen LogP contribution < -0.4 is 5.56 Å². The van der Waals surface area contributed by atoms with Gasteiger partial charge in [-0.3, -0.25) is 14.2 Å². The van der Waals surface area contributed by atoms with Crippen LogP contribution in [-0.4, -0.2) is 39.6 Å². The van der Waals surface area contributed by atoms with Gasteiger partial charge in [-0.15, -0.1) is 0 Å². The van der Waals surface area contributed by atoms with Gasteiger partial charge in [-0.2, -0.15) is 31.6 Å². The first-order chi connectivity index (χ1) is 15.9. The van der Waals surface area contributed by atoms with Crippen LogP contribution in [-0.2, 0) is 23.9 Å². The van der Waals surface area contributed by atoms with Crippen molar-refractivity contribution in [3.05, 3.63) is 52.1 Å². The topological polar surface area (TPSA) is 79.0 Å². The molecule has 1 aliphatic rings. The van der Waals surface area contributed by atoms with Gasteiger partial charge in [0.25, 0.3) is 5.56 Å². The van der Waals surface area contributed by atoms with Crippen LogP contribution in [0.2, 0.25) is 0 Å². The number of carbonyl (C=O) groups excluding carboxylic acids is 1. The zero-order valence-corrected chi connectivity index (χ0v) is 17.8. The normalized spacial score (nSPS) is 16.5. The molecule has 0 spiro atoms. The van der Waals surface area contributed by atoms with Crippen molar-refractivity contribution in [2.45, 2.75) is 44.6 Å². The van der Waals surface area contributed by atoms with Gasteiger partial charge in [-0.1, -0.05) is 12.1 Å². The summed E-state index contributed by atoms with van der Waals surface area (Å²) in [5, 5.41) is 9.00. The molecular formula is C22H20F6N4O2. The molecule has 0 bridgehead atoms. The third kappa shape index (κ3) is 6.36. The van der Waals surface area contributed by atoms with Crippen molar-refractivity contribution in [2.24, 2.45) is 5.92 Å². The summed E-state index contributed by atoms with van der Waals surface area (Å²) >= 11 is 0. The summed E-state index contributed by atoms with van der Waals surface area (Å²) in [5.74, 6) is -0.871. The number of amides is 1. The first kappa shape index (κ1) is 25.3. The molecule has 1 aromatic carbocycles. The number of nitriles is 1. The van der Waals surface area contributed by atoms with E-state index < -0.39 is 42.3 Å². The SMILES string of the molecule is N#CC1CCN(C(=O)Cn2c(CCCC(F)(F)F)nc(-c3ccc(C(F)(F)F)cc3)cc2=O)C1. The van der Waals surface area contributed by atoms with E-state index in [1.54, 1.807) is 0 Å². The second-order valence-corrected chi connectivity index (χ2v) is 7.98. The van der Waals surface area contributed by atoms with Crippen LogP contribution in [0.1, 0.15) is 30.7 Å². The summed E-state index contributed by atoms with van der Waals surface area (Å²) < 4.78 is 77.3. The van der Waals surface area contributed by atoms with Gasteiger partial charge in [0.15, 0.2) is 0 Å². The molecule has 2 heterocycles. The molecule has 3 rings (SSSR count). The molecule has 6 nitrogen and oxygen atoms in total. The summed E-state index contributed by atoms with van der Waals surface area (Å²) in [5.41, 5.74) is -1.44. The Balaban J connectivity index is 1.91. The smallest absolute Gasteiger partial charge is 0.340 e. The maximum atomic E-state index is 12.8. The Morgan fingerprint density at radius 3 is 2.38 bits per heavy atom. The molecule has 1 fully saturated rings. The number of carbonyl (C=O) groups is 1. The molecule has 1 aromatic heterocycles. The van der Waals surface area contributed by atoms with Crippen LogP contribution in [0.4, 0.5) is 26.3 Å². The van der Waals surface area contributed by atoms with Crippen LogP contribution in [0, 0.1) is 17.2 Å². The highest BCUT2D eigenvalue weighted by molar-refractivity contribution is 5.76. The molecule has 12 heteroatoms. The maximum Gasteiger partial charge on any atom is 0.416 e. The zero-order valence-electron chi connectivity index (χ0n) is 17.8. The van der Waals surface area contributed by atoms with E-state index in [-0.39, 0.29) is 42.4 Å². The van der Waals surface area contributed by atoms with Crippen LogP contribution in [0.5, 0.6) is 0 Å². The molecule has 1 amide bonds. The highest BCUT2D eigenvalue weighted by Gasteiger charge is 2.31. The Morgan fingerprint density at radius 2 is 1.82 bits per heavy atom. The lowest BCUT2D eigenvalue weighted by molar-refractivity contribution is -0.137. The van der Waals surface area contributed by atoms with Gasteiger partial charge in [0.2, 0.25) is 5.91 Å². The Morgan fingerprint density at radius 1 is 1.15 bits per heavy atom. The number of halogens is 6. The molecule has 182 valence electrons. The molecule has 0 radical (unpaired) electrons. The number of aryl methyl sites for hydroxylation is 1. The number of benzene rings is 1. The minimum atomic E-state index is -4.56. The summed E-state index contributed by atoms with van der Waals surface area (Å²) in [6, 6.07) is 6.96. The van der Waals surface area contributed by atoms with Crippen molar-refractivity contribution in [2.75, 3.05) is 13.1 Å². The molecule has 0 aliphatic carbocycles. The second-order valence-electron chi connectivity index (χ2n) is 7.98. The van der Waals surface area contributed by atoms with E-state index in [0.717, 1.165) is 34.9 Å². The van der Waals surface area contributed by atoms with E-state index in [0.29, 0.717) is 13.0 Å². The Kier molecular flexibility index (Phi) is 7.33. The summed E-state index contributed by atoms with van der Waals surface area (Å²) in [4.78, 5) is 31.1. The molecule has 1 saturated heterocycles. The van der Waals surface area contributed by atoms with E-state index in [1.165, 1.54) is 4.90 Å². The van der Waals surface area contributed by atoms with Crippen LogP contribution in [0.25, 0.3) is 11.3 Å². The number of nitrogens with zero attached hydrogens (tertiary/aromatic N) is 4. The van der Waals surface area contributed by atoms with Crippen molar-refractivity contribution in [3.8, 4) is 17.3 Å². The largest absolute Gasteiger partial charge is 0.416 e. The maximum absolute atomic E-state index is 12.8. The third-order valence-corrected chi connectivity index (χ3v) is 5.47. The third-order valence-electron chi connectivity index (χ3n) is 5.47. The Bertz CT molecular complexity index is 1130. The average Bonchev–Trinajstić information content (AvgIpc) is 3.24. The number of likely N-dealkylation sites (tertiary alicyclic amines) is 1. The second kappa shape index (κ2) is 9.87. The fourth-order valence-electron chi connectivity index (χ4n) is 3.67. The van der Waals surface area contributed by atoms with Crippen molar-refractivity contribution in [1.29, 1.82) is 5.26 Å². The molecule has 1 atom stereocenters. The lowest BCUT2D eigenvalue weighted by Crippen LogP contribution is -2.36. The predicted octanol–water partition coefficient (Wildman–Crippen LogP) is 4.19. The fraction of sp³-hybridized carbons (Fsp3) is 0.455. The molecule has 34 heavy (non-hydrogen) atoms. The van der Waals surface area contributed by atoms with Crippen LogP contribution in [0.3, 0.4) is 0 Å². The minimum absolute atomic E-state index is 0.00449. The van der Waals surface area contributed by atoms with Crippen LogP contribution >= 0.6 is 0 Å². The van der Waals surface area contributed by atoms with Crippen molar-refractivity contribution >= 4 is 5.91 Å². The number of rotatable bonds is 6. The summed E-state index contributed by atoms with van der Waals surface area (Å²) in [7, 11) is 0. The standard InChI is InChI=1S/C22H20F6N4O2/c23-21(24,25)8-1-2-18-30-17(15-3-5-16(6-4-15)22(26,27)28)10-19(33)32(18)13-20(34)31-9-7-14(11-29)12-31/h3-6,10,14H,1-2,7-9,12-13H2. The van der Waals surface area contributed by atoms with Gasteiger partial charge in [0.05, 0.1) is 23.2 Å².